The van der Waals surface area contributed by atoms with Crippen molar-refractivity contribution in [1.82, 2.24) is 0 Å². The number of likely N-dealkylation sites (N-methyl/N-ethyl adjacent to an activating group) is 2. The van der Waals surface area contributed by atoms with E-state index in [1.54, 1.807) is 0 Å². The normalized spacial score (nSPS) is 36.5. The van der Waals surface area contributed by atoms with Gasteiger partial charge in [-0.05, 0) is 12.2 Å². The zero-order valence-corrected chi connectivity index (χ0v) is 11.3. The number of hydrogen-bond donors (Lipinski definition) is 2. The second-order valence-corrected chi connectivity index (χ2v) is 6.58. The fraction of sp³-hybridized carbons (Fsp3) is 0.833. The van der Waals surface area contributed by atoms with E-state index in [4.69, 9.17) is 0 Å². The van der Waals surface area contributed by atoms with Crippen molar-refractivity contribution in [3.05, 3.63) is 12.2 Å². The van der Waals surface area contributed by atoms with Crippen LogP contribution in [0.25, 0.3) is 0 Å². The maximum atomic E-state index is 10.2. The molecule has 0 aliphatic heterocycles. The first kappa shape index (κ1) is 13.6. The quantitative estimate of drug-likeness (QED) is 0.492. The molecule has 4 nitrogen and oxygen atoms in total. The average molecular weight is 230 g/mol. The highest BCUT2D eigenvalue weighted by molar-refractivity contribution is 5.08. The molecule has 4 heteroatoms. The van der Waals surface area contributed by atoms with Crippen LogP contribution in [0.4, 0.5) is 0 Å². The molecule has 0 amide bonds. The first-order chi connectivity index (χ1) is 7.05. The van der Waals surface area contributed by atoms with Crippen molar-refractivity contribution in [2.45, 2.75) is 24.3 Å². The third-order valence-electron chi connectivity index (χ3n) is 3.34. The lowest BCUT2D eigenvalue weighted by atomic mass is 9.89. The summed E-state index contributed by atoms with van der Waals surface area (Å²) in [5.74, 6) is 0. The van der Waals surface area contributed by atoms with Gasteiger partial charge in [0.25, 0.3) is 0 Å². The Morgan fingerprint density at radius 3 is 1.12 bits per heavy atom. The molecule has 94 valence electrons. The van der Waals surface area contributed by atoms with Gasteiger partial charge in [-0.15, -0.1) is 0 Å². The van der Waals surface area contributed by atoms with E-state index >= 15 is 0 Å². The molecule has 0 unspecified atom stereocenters. The summed E-state index contributed by atoms with van der Waals surface area (Å²) < 4.78 is 1.25. The number of aliphatic hydroxyl groups is 2. The van der Waals surface area contributed by atoms with Crippen molar-refractivity contribution in [2.75, 3.05) is 42.3 Å². The van der Waals surface area contributed by atoms with Gasteiger partial charge in [0.15, 0.2) is 0 Å². The number of hydrogen-bond acceptors (Lipinski definition) is 2. The van der Waals surface area contributed by atoms with Crippen molar-refractivity contribution in [2.24, 2.45) is 0 Å². The van der Waals surface area contributed by atoms with Crippen molar-refractivity contribution in [3.63, 3.8) is 0 Å². The van der Waals surface area contributed by atoms with E-state index in [0.29, 0.717) is 8.97 Å². The van der Waals surface area contributed by atoms with Gasteiger partial charge >= 0.3 is 0 Å². The molecule has 4 atom stereocenters. The zero-order valence-electron chi connectivity index (χ0n) is 11.3. The second kappa shape index (κ2) is 4.11. The molecule has 0 bridgehead atoms. The highest BCUT2D eigenvalue weighted by Gasteiger charge is 2.45. The third kappa shape index (κ3) is 2.63. The molecule has 1 rings (SSSR count). The molecule has 0 aromatic heterocycles. The summed E-state index contributed by atoms with van der Waals surface area (Å²) in [6, 6.07) is -0.0874. The largest absolute Gasteiger partial charge is 0.384 e. The van der Waals surface area contributed by atoms with Crippen LogP contribution >= 0.6 is 0 Å². The van der Waals surface area contributed by atoms with E-state index < -0.39 is 12.2 Å². The van der Waals surface area contributed by atoms with Gasteiger partial charge in [-0.3, -0.25) is 0 Å². The molecular formula is C12H26N2O2+2. The minimum atomic E-state index is -0.702. The van der Waals surface area contributed by atoms with Crippen molar-refractivity contribution >= 4 is 0 Å². The van der Waals surface area contributed by atoms with Crippen LogP contribution in [0.2, 0.25) is 0 Å². The molecule has 0 saturated heterocycles. The second-order valence-electron chi connectivity index (χ2n) is 6.58. The summed E-state index contributed by atoms with van der Waals surface area (Å²) in [5.41, 5.74) is 0. The van der Waals surface area contributed by atoms with Gasteiger partial charge in [0, 0.05) is 0 Å². The van der Waals surface area contributed by atoms with Crippen molar-refractivity contribution in [3.8, 4) is 0 Å². The minimum absolute atomic E-state index is 0.0437. The number of quaternary nitrogens is 2. The van der Waals surface area contributed by atoms with Gasteiger partial charge in [0.2, 0.25) is 0 Å². The molecule has 0 spiro atoms. The van der Waals surface area contributed by atoms with Crippen molar-refractivity contribution < 1.29 is 19.2 Å². The Kier molecular flexibility index (Phi) is 3.50. The summed E-state index contributed by atoms with van der Waals surface area (Å²) in [6.07, 6.45) is 2.66. The Balaban J connectivity index is 2.97. The summed E-state index contributed by atoms with van der Waals surface area (Å²) >= 11 is 0. The van der Waals surface area contributed by atoms with Crippen LogP contribution in [0.3, 0.4) is 0 Å². The Morgan fingerprint density at radius 1 is 0.688 bits per heavy atom. The molecule has 2 N–H and O–H groups in total. The molecule has 0 fully saturated rings. The summed E-state index contributed by atoms with van der Waals surface area (Å²) in [5, 5.41) is 20.4. The van der Waals surface area contributed by atoms with Gasteiger partial charge in [-0.25, -0.2) is 0 Å². The lowest BCUT2D eigenvalue weighted by Crippen LogP contribution is -2.63. The highest BCUT2D eigenvalue weighted by Crippen LogP contribution is 2.24. The van der Waals surface area contributed by atoms with Crippen molar-refractivity contribution in [1.29, 1.82) is 0 Å². The van der Waals surface area contributed by atoms with E-state index in [1.807, 2.05) is 54.4 Å². The van der Waals surface area contributed by atoms with Crippen LogP contribution in [-0.2, 0) is 0 Å². The fourth-order valence-electron chi connectivity index (χ4n) is 2.29. The lowest BCUT2D eigenvalue weighted by Gasteiger charge is -2.44. The smallest absolute Gasteiger partial charge is 0.141 e. The maximum absolute atomic E-state index is 10.2. The SMILES string of the molecule is C[N+](C)(C)[C@@H]1C=C[C@@H]([N+](C)(C)C)[C@H](O)[C@H]1O. The lowest BCUT2D eigenvalue weighted by molar-refractivity contribution is -0.905. The van der Waals surface area contributed by atoms with Crippen LogP contribution in [0, 0.1) is 0 Å². The Labute approximate surface area is 98.6 Å². The topological polar surface area (TPSA) is 40.5 Å². The van der Waals surface area contributed by atoms with Crippen LogP contribution in [0.5, 0.6) is 0 Å². The van der Waals surface area contributed by atoms with Crippen LogP contribution in [0.15, 0.2) is 12.2 Å². The van der Waals surface area contributed by atoms with Gasteiger partial charge in [0.05, 0.1) is 42.3 Å². The molecule has 1 aliphatic rings. The average Bonchev–Trinajstić information content (AvgIpc) is 2.05. The maximum Gasteiger partial charge on any atom is 0.141 e. The van der Waals surface area contributed by atoms with Crippen LogP contribution < -0.4 is 0 Å². The fourth-order valence-corrected chi connectivity index (χ4v) is 2.29. The number of nitrogens with zero attached hydrogens (tertiary/aromatic N) is 2. The number of aliphatic hydroxyl groups excluding tert-OH is 2. The molecule has 1 aliphatic carbocycles. The molecule has 0 heterocycles. The minimum Gasteiger partial charge on any atom is -0.384 e. The van der Waals surface area contributed by atoms with Gasteiger partial charge in [-0.2, -0.15) is 0 Å². The molecule has 0 aromatic carbocycles. The zero-order chi connectivity index (χ0) is 12.7. The monoisotopic (exact) mass is 230 g/mol. The molecular weight excluding hydrogens is 204 g/mol. The Bertz CT molecular complexity index is 248. The molecule has 16 heavy (non-hydrogen) atoms. The summed E-state index contributed by atoms with van der Waals surface area (Å²) in [4.78, 5) is 0. The van der Waals surface area contributed by atoms with Crippen LogP contribution in [-0.4, -0.2) is 85.8 Å². The predicted molar refractivity (Wildman–Crippen MR) is 64.8 cm³/mol. The molecule has 0 radical (unpaired) electrons. The Morgan fingerprint density at radius 2 is 0.938 bits per heavy atom. The first-order valence-electron chi connectivity index (χ1n) is 5.72. The predicted octanol–water partition coefficient (Wildman–Crippen LogP) is -0.572. The van der Waals surface area contributed by atoms with Crippen LogP contribution in [0.1, 0.15) is 0 Å². The molecule has 0 saturated carbocycles. The molecule has 0 aromatic rings. The van der Waals surface area contributed by atoms with E-state index in [0.717, 1.165) is 0 Å². The van der Waals surface area contributed by atoms with E-state index in [-0.39, 0.29) is 12.1 Å². The summed E-state index contributed by atoms with van der Waals surface area (Å²) in [6.45, 7) is 0. The van der Waals surface area contributed by atoms with Gasteiger partial charge < -0.3 is 19.2 Å². The highest BCUT2D eigenvalue weighted by atomic mass is 16.3. The van der Waals surface area contributed by atoms with E-state index in [9.17, 15) is 10.2 Å². The summed E-state index contributed by atoms with van der Waals surface area (Å²) in [7, 11) is 12.2. The first-order valence-corrected chi connectivity index (χ1v) is 5.72. The van der Waals surface area contributed by atoms with Gasteiger partial charge in [-0.1, -0.05) is 0 Å². The van der Waals surface area contributed by atoms with E-state index in [1.165, 1.54) is 0 Å². The van der Waals surface area contributed by atoms with Gasteiger partial charge in [0.1, 0.15) is 24.3 Å². The number of rotatable bonds is 2. The van der Waals surface area contributed by atoms with E-state index in [2.05, 4.69) is 0 Å². The standard InChI is InChI=1S/C12H26N2O2/c1-13(2,3)9-7-8-10(14(4,5)6)12(16)11(9)15/h7-12,15-16H,1-6H3/q+2/t9-,10-,11+,12+/m1/s1. The third-order valence-corrected chi connectivity index (χ3v) is 3.34. The Hall–Kier alpha value is -0.420.